The molecule has 7 heteroatoms. The molecule has 1 aliphatic carbocycles. The van der Waals surface area contributed by atoms with Crippen LogP contribution in [0.2, 0.25) is 0 Å². The Morgan fingerprint density at radius 3 is 2.17 bits per heavy atom. The summed E-state index contributed by atoms with van der Waals surface area (Å²) in [5.41, 5.74) is -2.67. The van der Waals surface area contributed by atoms with E-state index in [1.807, 2.05) is 12.1 Å². The SMILES string of the molecule is CCOC(=O)C1(c2ccc([C@]3(O)COC(C)(C)N3C(=O)OC(C)(C)C)cc2)CC1. The molecule has 1 saturated carbocycles. The number of carbonyl (C=O) groups is 2. The predicted octanol–water partition coefficient (Wildman–Crippen LogP) is 3.43. The van der Waals surface area contributed by atoms with Crippen molar-refractivity contribution >= 4 is 12.1 Å². The van der Waals surface area contributed by atoms with E-state index in [1.165, 1.54) is 4.90 Å². The molecule has 0 spiro atoms. The smallest absolute Gasteiger partial charge is 0.415 e. The Labute approximate surface area is 171 Å². The highest BCUT2D eigenvalue weighted by Crippen LogP contribution is 2.50. The maximum atomic E-state index is 12.9. The van der Waals surface area contributed by atoms with Crippen molar-refractivity contribution in [3.8, 4) is 0 Å². The number of carbonyl (C=O) groups excluding carboxylic acids is 2. The molecule has 1 aromatic carbocycles. The largest absolute Gasteiger partial charge is 0.465 e. The third kappa shape index (κ3) is 3.85. The molecule has 0 aromatic heterocycles. The van der Waals surface area contributed by atoms with Crippen LogP contribution in [0, 0.1) is 0 Å². The molecule has 1 atom stereocenters. The van der Waals surface area contributed by atoms with Gasteiger partial charge in [-0.2, -0.15) is 0 Å². The molecule has 0 unspecified atom stereocenters. The number of nitrogens with zero attached hydrogens (tertiary/aromatic N) is 1. The van der Waals surface area contributed by atoms with Gasteiger partial charge in [0.15, 0.2) is 5.72 Å². The number of amides is 1. The first-order valence-corrected chi connectivity index (χ1v) is 10.0. The zero-order valence-electron chi connectivity index (χ0n) is 18.1. The van der Waals surface area contributed by atoms with Crippen molar-refractivity contribution in [2.75, 3.05) is 13.2 Å². The molecular weight excluding hydrogens is 374 g/mol. The molecule has 160 valence electrons. The molecular formula is C22H31NO6. The van der Waals surface area contributed by atoms with Crippen LogP contribution in [0.4, 0.5) is 4.79 Å². The maximum Gasteiger partial charge on any atom is 0.415 e. The second-order valence-electron chi connectivity index (χ2n) is 9.25. The van der Waals surface area contributed by atoms with E-state index >= 15 is 0 Å². The van der Waals surface area contributed by atoms with E-state index in [9.17, 15) is 14.7 Å². The van der Waals surface area contributed by atoms with E-state index < -0.39 is 28.6 Å². The lowest BCUT2D eigenvalue weighted by atomic mass is 9.92. The minimum Gasteiger partial charge on any atom is -0.465 e. The van der Waals surface area contributed by atoms with Gasteiger partial charge < -0.3 is 19.3 Å². The summed E-state index contributed by atoms with van der Waals surface area (Å²) in [4.78, 5) is 26.4. The Morgan fingerprint density at radius 2 is 1.69 bits per heavy atom. The highest BCUT2D eigenvalue weighted by molar-refractivity contribution is 5.86. The average molecular weight is 405 g/mol. The van der Waals surface area contributed by atoms with Crippen LogP contribution < -0.4 is 0 Å². The molecule has 1 aliphatic heterocycles. The minimum absolute atomic E-state index is 0.0817. The van der Waals surface area contributed by atoms with Gasteiger partial charge in [-0.05, 0) is 59.9 Å². The van der Waals surface area contributed by atoms with E-state index in [0.29, 0.717) is 12.2 Å². The molecule has 1 heterocycles. The van der Waals surface area contributed by atoms with Gasteiger partial charge in [0, 0.05) is 5.56 Å². The normalized spacial score (nSPS) is 24.9. The molecule has 1 amide bonds. The van der Waals surface area contributed by atoms with Gasteiger partial charge in [-0.1, -0.05) is 24.3 Å². The zero-order valence-corrected chi connectivity index (χ0v) is 18.1. The van der Waals surface area contributed by atoms with Gasteiger partial charge in [-0.15, -0.1) is 0 Å². The topological polar surface area (TPSA) is 85.3 Å². The van der Waals surface area contributed by atoms with Crippen molar-refractivity contribution in [2.45, 2.75) is 76.9 Å². The number of ether oxygens (including phenoxy) is 3. The number of hydrogen-bond acceptors (Lipinski definition) is 6. The van der Waals surface area contributed by atoms with Crippen molar-refractivity contribution < 1.29 is 28.9 Å². The molecule has 29 heavy (non-hydrogen) atoms. The Morgan fingerprint density at radius 1 is 1.14 bits per heavy atom. The molecule has 3 rings (SSSR count). The lowest BCUT2D eigenvalue weighted by molar-refractivity contribution is -0.146. The Balaban J connectivity index is 1.90. The summed E-state index contributed by atoms with van der Waals surface area (Å²) in [6.45, 7) is 10.8. The van der Waals surface area contributed by atoms with Gasteiger partial charge >= 0.3 is 12.1 Å². The van der Waals surface area contributed by atoms with Gasteiger partial charge in [0.25, 0.3) is 0 Å². The number of hydrogen-bond donors (Lipinski definition) is 1. The summed E-state index contributed by atoms with van der Waals surface area (Å²) < 4.78 is 16.5. The number of esters is 1. The lowest BCUT2D eigenvalue weighted by Crippen LogP contribution is -2.55. The molecule has 0 bridgehead atoms. The molecule has 0 radical (unpaired) electrons. The van der Waals surface area contributed by atoms with Crippen LogP contribution in [0.25, 0.3) is 0 Å². The third-order valence-electron chi connectivity index (χ3n) is 5.43. The quantitative estimate of drug-likeness (QED) is 0.773. The summed E-state index contributed by atoms with van der Waals surface area (Å²) >= 11 is 0. The predicted molar refractivity (Wildman–Crippen MR) is 106 cm³/mol. The van der Waals surface area contributed by atoms with E-state index in [4.69, 9.17) is 14.2 Å². The highest BCUT2D eigenvalue weighted by Gasteiger charge is 2.56. The summed E-state index contributed by atoms with van der Waals surface area (Å²) in [7, 11) is 0. The fourth-order valence-corrected chi connectivity index (χ4v) is 3.80. The van der Waals surface area contributed by atoms with Gasteiger partial charge in [0.05, 0.1) is 12.0 Å². The van der Waals surface area contributed by atoms with Crippen molar-refractivity contribution in [3.63, 3.8) is 0 Å². The van der Waals surface area contributed by atoms with Crippen LogP contribution in [-0.4, -0.2) is 46.6 Å². The first kappa shape index (κ1) is 21.6. The summed E-state index contributed by atoms with van der Waals surface area (Å²) in [6, 6.07) is 7.10. The second-order valence-corrected chi connectivity index (χ2v) is 9.25. The van der Waals surface area contributed by atoms with Crippen molar-refractivity contribution in [1.29, 1.82) is 0 Å². The van der Waals surface area contributed by atoms with Crippen LogP contribution in [0.1, 0.15) is 65.5 Å². The minimum atomic E-state index is -1.68. The standard InChI is InChI=1S/C22H31NO6/c1-7-27-17(24)21(12-13-21)15-8-10-16(11-9-15)22(26)14-28-20(5,6)23(22)18(25)29-19(2,3)4/h8-11,26H,7,12-14H2,1-6H3/t22-/m1/s1. The van der Waals surface area contributed by atoms with Crippen LogP contribution >= 0.6 is 0 Å². The monoisotopic (exact) mass is 405 g/mol. The molecule has 7 nitrogen and oxygen atoms in total. The molecule has 1 N–H and O–H groups in total. The summed E-state index contributed by atoms with van der Waals surface area (Å²) in [5.74, 6) is -0.216. The summed E-state index contributed by atoms with van der Waals surface area (Å²) in [5, 5.41) is 11.4. The van der Waals surface area contributed by atoms with Crippen LogP contribution in [-0.2, 0) is 30.1 Å². The Bertz CT molecular complexity index is 791. The van der Waals surface area contributed by atoms with Crippen LogP contribution in [0.3, 0.4) is 0 Å². The van der Waals surface area contributed by atoms with Crippen molar-refractivity contribution in [2.24, 2.45) is 0 Å². The molecule has 1 aromatic rings. The number of aliphatic hydroxyl groups is 1. The highest BCUT2D eigenvalue weighted by atomic mass is 16.6. The Hall–Kier alpha value is -2.12. The van der Waals surface area contributed by atoms with Crippen LogP contribution in [0.15, 0.2) is 24.3 Å². The van der Waals surface area contributed by atoms with Gasteiger partial charge in [0.2, 0.25) is 0 Å². The van der Waals surface area contributed by atoms with Gasteiger partial charge in [-0.3, -0.25) is 4.79 Å². The molecule has 2 aliphatic rings. The fourth-order valence-electron chi connectivity index (χ4n) is 3.80. The first-order chi connectivity index (χ1) is 13.4. The van der Waals surface area contributed by atoms with Crippen molar-refractivity contribution in [1.82, 2.24) is 4.90 Å². The average Bonchev–Trinajstić information content (AvgIpc) is 3.36. The van der Waals surface area contributed by atoms with Crippen LogP contribution in [0.5, 0.6) is 0 Å². The number of benzene rings is 1. The van der Waals surface area contributed by atoms with Gasteiger partial charge in [0.1, 0.15) is 17.9 Å². The lowest BCUT2D eigenvalue weighted by Gasteiger charge is -2.39. The van der Waals surface area contributed by atoms with Gasteiger partial charge in [-0.25, -0.2) is 9.69 Å². The first-order valence-electron chi connectivity index (χ1n) is 10.0. The van der Waals surface area contributed by atoms with Crippen molar-refractivity contribution in [3.05, 3.63) is 35.4 Å². The number of rotatable bonds is 4. The van der Waals surface area contributed by atoms with E-state index in [-0.39, 0.29) is 12.6 Å². The van der Waals surface area contributed by atoms with E-state index in [2.05, 4.69) is 0 Å². The summed E-state index contributed by atoms with van der Waals surface area (Å²) in [6.07, 6.45) is 0.836. The maximum absolute atomic E-state index is 12.9. The fraction of sp³-hybridized carbons (Fsp3) is 0.636. The van der Waals surface area contributed by atoms with E-state index in [0.717, 1.165) is 18.4 Å². The third-order valence-corrected chi connectivity index (χ3v) is 5.43. The van der Waals surface area contributed by atoms with E-state index in [1.54, 1.807) is 53.7 Å². The molecule has 1 saturated heterocycles. The Kier molecular flexibility index (Phi) is 5.20. The second kappa shape index (κ2) is 6.99. The zero-order chi connectivity index (χ0) is 21.7. The molecule has 2 fully saturated rings.